The van der Waals surface area contributed by atoms with Gasteiger partial charge in [0.05, 0.1) is 11.8 Å². The van der Waals surface area contributed by atoms with E-state index in [2.05, 4.69) is 33.4 Å². The standard InChI is InChI=1S/C16H14ClFN4O/c1-9-7-19-5-4-13(9)21-16-14(23)8-20-15(22-16)12(11(3)18)6-10(2)17/h4-8,23H,2-3H2,1H3,(H,19,20,21,22)/b12-6+. The van der Waals surface area contributed by atoms with Crippen LogP contribution in [0, 0.1) is 6.92 Å². The van der Waals surface area contributed by atoms with Crippen molar-refractivity contribution in [1.29, 1.82) is 0 Å². The summed E-state index contributed by atoms with van der Waals surface area (Å²) in [4.78, 5) is 12.0. The van der Waals surface area contributed by atoms with Crippen LogP contribution in [0.15, 0.2) is 54.7 Å². The Hall–Kier alpha value is -2.73. The molecule has 0 saturated carbocycles. The lowest BCUT2D eigenvalue weighted by Gasteiger charge is -2.11. The van der Waals surface area contributed by atoms with Gasteiger partial charge in [-0.25, -0.2) is 14.4 Å². The molecule has 0 aliphatic carbocycles. The van der Waals surface area contributed by atoms with Crippen LogP contribution in [0.1, 0.15) is 11.4 Å². The molecule has 0 aromatic carbocycles. The molecule has 7 heteroatoms. The van der Waals surface area contributed by atoms with Gasteiger partial charge in [0.15, 0.2) is 17.4 Å². The Balaban J connectivity index is 2.45. The maximum Gasteiger partial charge on any atom is 0.177 e. The van der Waals surface area contributed by atoms with E-state index in [0.29, 0.717) is 5.69 Å². The normalized spacial score (nSPS) is 11.2. The van der Waals surface area contributed by atoms with E-state index < -0.39 is 5.83 Å². The second-order valence-electron chi connectivity index (χ2n) is 4.65. The van der Waals surface area contributed by atoms with Crippen molar-refractivity contribution in [2.24, 2.45) is 0 Å². The monoisotopic (exact) mass is 332 g/mol. The lowest BCUT2D eigenvalue weighted by Crippen LogP contribution is -2.01. The summed E-state index contributed by atoms with van der Waals surface area (Å²) >= 11 is 5.68. The van der Waals surface area contributed by atoms with Gasteiger partial charge in [0.25, 0.3) is 0 Å². The quantitative estimate of drug-likeness (QED) is 0.801. The van der Waals surface area contributed by atoms with E-state index in [1.54, 1.807) is 18.5 Å². The minimum absolute atomic E-state index is 0.0144. The van der Waals surface area contributed by atoms with Crippen molar-refractivity contribution in [3.8, 4) is 5.75 Å². The molecule has 0 spiro atoms. The summed E-state index contributed by atoms with van der Waals surface area (Å²) in [6, 6.07) is 1.72. The number of nitrogens with one attached hydrogen (secondary N) is 1. The second-order valence-corrected chi connectivity index (χ2v) is 5.14. The number of nitrogens with zero attached hydrogens (tertiary/aromatic N) is 3. The molecule has 23 heavy (non-hydrogen) atoms. The summed E-state index contributed by atoms with van der Waals surface area (Å²) in [5, 5.41) is 13.0. The third-order valence-electron chi connectivity index (χ3n) is 2.88. The van der Waals surface area contributed by atoms with Crippen LogP contribution >= 0.6 is 11.6 Å². The molecule has 0 atom stereocenters. The number of hydrogen-bond acceptors (Lipinski definition) is 5. The molecule has 2 aromatic rings. The first kappa shape index (κ1) is 16.6. The van der Waals surface area contributed by atoms with Gasteiger partial charge in [-0.1, -0.05) is 24.8 Å². The second kappa shape index (κ2) is 7.02. The first-order valence-electron chi connectivity index (χ1n) is 6.53. The first-order valence-corrected chi connectivity index (χ1v) is 6.91. The van der Waals surface area contributed by atoms with Gasteiger partial charge in [-0.15, -0.1) is 0 Å². The zero-order valence-electron chi connectivity index (χ0n) is 12.3. The highest BCUT2D eigenvalue weighted by Crippen LogP contribution is 2.29. The maximum absolute atomic E-state index is 13.6. The largest absolute Gasteiger partial charge is 0.503 e. The van der Waals surface area contributed by atoms with E-state index in [0.717, 1.165) is 11.8 Å². The number of rotatable bonds is 5. The van der Waals surface area contributed by atoms with Crippen LogP contribution in [-0.2, 0) is 0 Å². The number of aromatic hydroxyl groups is 1. The topological polar surface area (TPSA) is 70.9 Å². The lowest BCUT2D eigenvalue weighted by atomic mass is 10.2. The Kier molecular flexibility index (Phi) is 5.08. The third-order valence-corrected chi connectivity index (χ3v) is 2.99. The van der Waals surface area contributed by atoms with Crippen LogP contribution in [0.5, 0.6) is 5.75 Å². The highest BCUT2D eigenvalue weighted by Gasteiger charge is 2.14. The first-order chi connectivity index (χ1) is 10.9. The van der Waals surface area contributed by atoms with Crippen molar-refractivity contribution >= 4 is 28.7 Å². The van der Waals surface area contributed by atoms with Gasteiger partial charge in [0.2, 0.25) is 0 Å². The smallest absolute Gasteiger partial charge is 0.177 e. The average Bonchev–Trinajstić information content (AvgIpc) is 2.49. The van der Waals surface area contributed by atoms with Crippen molar-refractivity contribution < 1.29 is 9.50 Å². The van der Waals surface area contributed by atoms with E-state index >= 15 is 0 Å². The minimum Gasteiger partial charge on any atom is -0.503 e. The van der Waals surface area contributed by atoms with E-state index in [4.69, 9.17) is 11.6 Å². The molecule has 2 N–H and O–H groups in total. The Morgan fingerprint density at radius 2 is 2.13 bits per heavy atom. The minimum atomic E-state index is -0.761. The van der Waals surface area contributed by atoms with Crippen LogP contribution in [0.4, 0.5) is 15.9 Å². The van der Waals surface area contributed by atoms with Crippen molar-refractivity contribution in [3.63, 3.8) is 0 Å². The molecule has 0 bridgehead atoms. The molecule has 2 aromatic heterocycles. The fourth-order valence-corrected chi connectivity index (χ4v) is 1.87. The molecule has 0 saturated heterocycles. The van der Waals surface area contributed by atoms with Crippen LogP contribution < -0.4 is 5.32 Å². The van der Waals surface area contributed by atoms with Gasteiger partial charge in [0, 0.05) is 23.1 Å². The molecule has 0 aliphatic rings. The van der Waals surface area contributed by atoms with E-state index in [1.165, 1.54) is 6.08 Å². The maximum atomic E-state index is 13.6. The lowest BCUT2D eigenvalue weighted by molar-refractivity contribution is 0.472. The van der Waals surface area contributed by atoms with E-state index in [-0.39, 0.29) is 28.0 Å². The number of anilines is 2. The van der Waals surface area contributed by atoms with Gasteiger partial charge < -0.3 is 10.4 Å². The van der Waals surface area contributed by atoms with Crippen LogP contribution in [0.3, 0.4) is 0 Å². The van der Waals surface area contributed by atoms with Crippen LogP contribution in [-0.4, -0.2) is 20.1 Å². The Bertz CT molecular complexity index is 804. The predicted octanol–water partition coefficient (Wildman–Crippen LogP) is 4.25. The zero-order chi connectivity index (χ0) is 17.0. The van der Waals surface area contributed by atoms with E-state index in [1.807, 2.05) is 6.92 Å². The van der Waals surface area contributed by atoms with Gasteiger partial charge >= 0.3 is 0 Å². The van der Waals surface area contributed by atoms with Gasteiger partial charge in [-0.3, -0.25) is 4.98 Å². The molecule has 0 amide bonds. The summed E-state index contributed by atoms with van der Waals surface area (Å²) in [7, 11) is 0. The zero-order valence-corrected chi connectivity index (χ0v) is 13.1. The number of halogens is 2. The Morgan fingerprint density at radius 3 is 2.74 bits per heavy atom. The predicted molar refractivity (Wildman–Crippen MR) is 89.2 cm³/mol. The number of aryl methyl sites for hydroxylation is 1. The van der Waals surface area contributed by atoms with Gasteiger partial charge in [-0.2, -0.15) is 0 Å². The summed E-state index contributed by atoms with van der Waals surface area (Å²) in [5.74, 6) is -0.801. The van der Waals surface area contributed by atoms with Crippen molar-refractivity contribution in [1.82, 2.24) is 15.0 Å². The highest BCUT2D eigenvalue weighted by molar-refractivity contribution is 6.31. The molecule has 2 heterocycles. The van der Waals surface area contributed by atoms with E-state index in [9.17, 15) is 9.50 Å². The fourth-order valence-electron chi connectivity index (χ4n) is 1.76. The summed E-state index contributed by atoms with van der Waals surface area (Å²) in [5.41, 5.74) is 1.54. The Labute approximate surface area is 137 Å². The molecular weight excluding hydrogens is 319 g/mol. The molecule has 0 fully saturated rings. The molecule has 2 rings (SSSR count). The highest BCUT2D eigenvalue weighted by atomic mass is 35.5. The number of allylic oxidation sites excluding steroid dienone is 4. The molecule has 0 radical (unpaired) electrons. The molecular formula is C16H14ClFN4O. The fraction of sp³-hybridized carbons (Fsp3) is 0.0625. The average molecular weight is 333 g/mol. The Morgan fingerprint density at radius 1 is 1.39 bits per heavy atom. The summed E-state index contributed by atoms with van der Waals surface area (Å²) < 4.78 is 13.6. The van der Waals surface area contributed by atoms with Crippen molar-refractivity contribution in [2.45, 2.75) is 6.92 Å². The van der Waals surface area contributed by atoms with Crippen molar-refractivity contribution in [3.05, 3.63) is 66.1 Å². The number of pyridine rings is 1. The molecule has 0 unspecified atom stereocenters. The van der Waals surface area contributed by atoms with Crippen LogP contribution in [0.25, 0.3) is 5.57 Å². The number of hydrogen-bond donors (Lipinski definition) is 2. The van der Waals surface area contributed by atoms with Gasteiger partial charge in [-0.05, 0) is 24.6 Å². The summed E-state index contributed by atoms with van der Waals surface area (Å²) in [6.45, 7) is 8.55. The summed E-state index contributed by atoms with van der Waals surface area (Å²) in [6.07, 6.45) is 5.68. The van der Waals surface area contributed by atoms with Gasteiger partial charge in [0.1, 0.15) is 5.83 Å². The van der Waals surface area contributed by atoms with Crippen LogP contribution in [0.2, 0.25) is 0 Å². The number of aromatic nitrogens is 3. The molecule has 0 aliphatic heterocycles. The molecule has 118 valence electrons. The van der Waals surface area contributed by atoms with Crippen molar-refractivity contribution in [2.75, 3.05) is 5.32 Å². The SMILES string of the molecule is C=C(Cl)/C=C(\C(=C)F)c1ncc(O)c(Nc2ccncc2C)n1. The molecule has 5 nitrogen and oxygen atoms in total. The third kappa shape index (κ3) is 4.14.